The van der Waals surface area contributed by atoms with Gasteiger partial charge in [-0.3, -0.25) is 9.00 Å². The maximum atomic E-state index is 11.9. The third-order valence-electron chi connectivity index (χ3n) is 3.01. The van der Waals surface area contributed by atoms with E-state index in [1.54, 1.807) is 20.8 Å². The van der Waals surface area contributed by atoms with Gasteiger partial charge >= 0.3 is 0 Å². The Hall–Kier alpha value is -0.260. The average molecular weight is 234 g/mol. The van der Waals surface area contributed by atoms with E-state index < -0.39 is 22.0 Å². The highest BCUT2D eigenvalue weighted by Crippen LogP contribution is 2.38. The number of carbonyl (C=O) groups excluding carboxylic acids is 1. The molecule has 1 fully saturated rings. The highest BCUT2D eigenvalue weighted by atomic mass is 32.2. The minimum absolute atomic E-state index is 0.0509. The number of ketones is 1. The van der Waals surface area contributed by atoms with Gasteiger partial charge in [0.05, 0.1) is 24.4 Å². The molecule has 0 aromatic rings. The molecule has 1 atom stereocenters. The highest BCUT2D eigenvalue weighted by molar-refractivity contribution is 7.85. The summed E-state index contributed by atoms with van der Waals surface area (Å²) in [5.41, 5.74) is -0.769. The molecule has 0 aromatic carbocycles. The molecule has 88 valence electrons. The zero-order valence-corrected chi connectivity index (χ0v) is 10.5. The first-order valence-corrected chi connectivity index (χ1v) is 6.63. The van der Waals surface area contributed by atoms with Crippen LogP contribution in [0.15, 0.2) is 0 Å². The van der Waals surface area contributed by atoms with Gasteiger partial charge in [-0.1, -0.05) is 0 Å². The van der Waals surface area contributed by atoms with E-state index in [1.165, 1.54) is 6.26 Å². The van der Waals surface area contributed by atoms with Gasteiger partial charge in [0.2, 0.25) is 0 Å². The lowest BCUT2D eigenvalue weighted by molar-refractivity contribution is -0.211. The van der Waals surface area contributed by atoms with Gasteiger partial charge in [-0.15, -0.1) is 0 Å². The Morgan fingerprint density at radius 3 is 2.27 bits per heavy atom. The van der Waals surface area contributed by atoms with Crippen molar-refractivity contribution in [1.82, 2.24) is 0 Å². The van der Waals surface area contributed by atoms with Gasteiger partial charge < -0.3 is 9.47 Å². The van der Waals surface area contributed by atoms with Gasteiger partial charge in [0.15, 0.2) is 11.6 Å². The van der Waals surface area contributed by atoms with Crippen LogP contribution in [-0.2, 0) is 25.1 Å². The third-order valence-corrected chi connectivity index (χ3v) is 3.67. The molecule has 1 heterocycles. The lowest BCUT2D eigenvalue weighted by atomic mass is 9.80. The van der Waals surface area contributed by atoms with Crippen LogP contribution in [0.5, 0.6) is 0 Å². The van der Waals surface area contributed by atoms with Gasteiger partial charge in [-0.25, -0.2) is 0 Å². The number of Topliss-reactive ketones (excluding diaryl/α,β-unsaturated/α-hetero) is 1. The minimum atomic E-state index is -1.12. The molecule has 0 spiro atoms. The van der Waals surface area contributed by atoms with Gasteiger partial charge in [-0.05, 0) is 20.8 Å². The molecular weight excluding hydrogens is 216 g/mol. The van der Waals surface area contributed by atoms with Gasteiger partial charge in [0.25, 0.3) is 0 Å². The van der Waals surface area contributed by atoms with Crippen LogP contribution in [0.1, 0.15) is 20.8 Å². The molecule has 5 heteroatoms. The molecule has 15 heavy (non-hydrogen) atoms. The Morgan fingerprint density at radius 1 is 1.40 bits per heavy atom. The Labute approximate surface area is 92.8 Å². The monoisotopic (exact) mass is 234 g/mol. The first-order valence-electron chi connectivity index (χ1n) is 4.91. The van der Waals surface area contributed by atoms with Gasteiger partial charge in [-0.2, -0.15) is 0 Å². The van der Waals surface area contributed by atoms with E-state index in [1.807, 2.05) is 0 Å². The quantitative estimate of drug-likeness (QED) is 0.719. The molecule has 1 saturated heterocycles. The van der Waals surface area contributed by atoms with Crippen molar-refractivity contribution < 1.29 is 18.5 Å². The Bertz CT molecular complexity index is 279. The van der Waals surface area contributed by atoms with E-state index in [0.717, 1.165) is 0 Å². The summed E-state index contributed by atoms with van der Waals surface area (Å²) >= 11 is 0. The Morgan fingerprint density at radius 2 is 1.87 bits per heavy atom. The van der Waals surface area contributed by atoms with Crippen LogP contribution in [0, 0.1) is 5.41 Å². The van der Waals surface area contributed by atoms with E-state index in [-0.39, 0.29) is 11.5 Å². The molecule has 0 amide bonds. The molecule has 1 aliphatic rings. The molecule has 0 N–H and O–H groups in total. The van der Waals surface area contributed by atoms with E-state index in [9.17, 15) is 9.00 Å². The summed E-state index contributed by atoms with van der Waals surface area (Å²) in [5, 5.41) is 0. The molecular formula is C10H18O4S. The fraction of sp³-hybridized carbons (Fsp3) is 0.900. The summed E-state index contributed by atoms with van der Waals surface area (Å²) in [6.45, 7) is 6.31. The van der Waals surface area contributed by atoms with Crippen molar-refractivity contribution in [2.45, 2.75) is 26.6 Å². The van der Waals surface area contributed by atoms with Crippen LogP contribution in [0.25, 0.3) is 0 Å². The number of hydrogen-bond acceptors (Lipinski definition) is 4. The van der Waals surface area contributed by atoms with Crippen molar-refractivity contribution in [2.24, 2.45) is 5.41 Å². The van der Waals surface area contributed by atoms with E-state index >= 15 is 0 Å². The van der Waals surface area contributed by atoms with E-state index in [4.69, 9.17) is 9.47 Å². The lowest BCUT2D eigenvalue weighted by Gasteiger charge is -2.37. The summed E-state index contributed by atoms with van der Waals surface area (Å²) in [6.07, 6.45) is 1.52. The zero-order valence-electron chi connectivity index (χ0n) is 9.66. The molecule has 0 aliphatic carbocycles. The SMILES string of the molecule is CS(=O)CC(=O)C(C)(C)C1(C)OCCO1. The molecule has 1 aliphatic heterocycles. The second-order valence-corrected chi connectivity index (χ2v) is 5.84. The molecule has 4 nitrogen and oxygen atoms in total. The summed E-state index contributed by atoms with van der Waals surface area (Å²) in [7, 11) is -1.12. The highest BCUT2D eigenvalue weighted by Gasteiger charge is 2.50. The van der Waals surface area contributed by atoms with Crippen molar-refractivity contribution >= 4 is 16.6 Å². The van der Waals surface area contributed by atoms with Gasteiger partial charge in [0, 0.05) is 17.1 Å². The summed E-state index contributed by atoms with van der Waals surface area (Å²) in [5.74, 6) is -0.925. The van der Waals surface area contributed by atoms with Crippen molar-refractivity contribution in [1.29, 1.82) is 0 Å². The predicted octanol–water partition coefficient (Wildman–Crippen LogP) is 0.723. The van der Waals surface area contributed by atoms with Crippen molar-refractivity contribution in [3.8, 4) is 0 Å². The molecule has 0 bridgehead atoms. The standard InChI is InChI=1S/C10H18O4S/c1-9(2,8(11)7-15(4)12)10(3)13-5-6-14-10/h5-7H2,1-4H3. The Balaban J connectivity index is 2.80. The van der Waals surface area contributed by atoms with Crippen LogP contribution >= 0.6 is 0 Å². The minimum Gasteiger partial charge on any atom is -0.347 e. The zero-order chi connectivity index (χ0) is 11.7. The van der Waals surface area contributed by atoms with E-state index in [0.29, 0.717) is 13.2 Å². The van der Waals surface area contributed by atoms with Crippen LogP contribution in [-0.4, -0.2) is 41.0 Å². The van der Waals surface area contributed by atoms with Gasteiger partial charge in [0.1, 0.15) is 0 Å². The second kappa shape index (κ2) is 4.31. The normalized spacial score (nSPS) is 22.7. The lowest BCUT2D eigenvalue weighted by Crippen LogP contribution is -2.49. The van der Waals surface area contributed by atoms with Crippen molar-refractivity contribution in [2.75, 3.05) is 25.2 Å². The first-order chi connectivity index (χ1) is 6.79. The number of ether oxygens (including phenoxy) is 2. The maximum Gasteiger partial charge on any atom is 0.177 e. The molecule has 1 unspecified atom stereocenters. The molecule has 0 radical (unpaired) electrons. The Kier molecular flexibility index (Phi) is 3.68. The van der Waals surface area contributed by atoms with Crippen LogP contribution in [0.4, 0.5) is 0 Å². The number of rotatable bonds is 4. The smallest absolute Gasteiger partial charge is 0.177 e. The third kappa shape index (κ3) is 2.46. The average Bonchev–Trinajstić information content (AvgIpc) is 2.52. The predicted molar refractivity (Wildman–Crippen MR) is 58.0 cm³/mol. The van der Waals surface area contributed by atoms with Crippen LogP contribution < -0.4 is 0 Å². The second-order valence-electron chi connectivity index (χ2n) is 4.41. The maximum absolute atomic E-state index is 11.9. The summed E-state index contributed by atoms with van der Waals surface area (Å²) < 4.78 is 22.0. The topological polar surface area (TPSA) is 52.6 Å². The molecule has 0 saturated carbocycles. The fourth-order valence-corrected chi connectivity index (χ4v) is 2.22. The number of hydrogen-bond donors (Lipinski definition) is 0. The van der Waals surface area contributed by atoms with Crippen molar-refractivity contribution in [3.05, 3.63) is 0 Å². The summed E-state index contributed by atoms with van der Waals surface area (Å²) in [4.78, 5) is 11.9. The number of carbonyl (C=O) groups is 1. The van der Waals surface area contributed by atoms with Crippen LogP contribution in [0.3, 0.4) is 0 Å². The van der Waals surface area contributed by atoms with Crippen LogP contribution in [0.2, 0.25) is 0 Å². The first kappa shape index (κ1) is 12.8. The fourth-order valence-electron chi connectivity index (χ4n) is 1.49. The van der Waals surface area contributed by atoms with E-state index in [2.05, 4.69) is 0 Å². The molecule has 0 aromatic heterocycles. The molecule has 1 rings (SSSR count). The summed E-state index contributed by atoms with van der Waals surface area (Å²) in [6, 6.07) is 0. The van der Waals surface area contributed by atoms with Crippen molar-refractivity contribution in [3.63, 3.8) is 0 Å². The largest absolute Gasteiger partial charge is 0.347 e.